The molecule has 9 rings (SSSR count). The molecule has 1 nitrogen and oxygen atoms in total. The van der Waals surface area contributed by atoms with Crippen molar-refractivity contribution in [2.45, 2.75) is 38.0 Å². The molecule has 1 aliphatic carbocycles. The molecule has 0 spiro atoms. The predicted molar refractivity (Wildman–Crippen MR) is 218 cm³/mol. The lowest BCUT2D eigenvalue weighted by Crippen LogP contribution is -2.13. The molecule has 0 N–H and O–H groups in total. The molecule has 0 radical (unpaired) electrons. The Bertz CT molecular complexity index is 2440. The van der Waals surface area contributed by atoms with E-state index >= 15 is 0 Å². The molecule has 0 bridgehead atoms. The first-order chi connectivity index (χ1) is 25.3. The maximum absolute atomic E-state index is 2.51. The van der Waals surface area contributed by atoms with Crippen molar-refractivity contribution in [1.82, 2.24) is 0 Å². The van der Waals surface area contributed by atoms with Crippen LogP contribution in [0.5, 0.6) is 0 Å². The van der Waals surface area contributed by atoms with E-state index < -0.39 is 0 Å². The van der Waals surface area contributed by atoms with Gasteiger partial charge in [-0.05, 0) is 80.9 Å². The Morgan fingerprint density at radius 1 is 0.353 bits per heavy atom. The van der Waals surface area contributed by atoms with Crippen molar-refractivity contribution in [3.05, 3.63) is 188 Å². The van der Waals surface area contributed by atoms with Crippen LogP contribution in [0.3, 0.4) is 0 Å². The largest absolute Gasteiger partial charge is 0.309 e. The Morgan fingerprint density at radius 3 is 1.69 bits per heavy atom. The van der Waals surface area contributed by atoms with E-state index in [9.17, 15) is 0 Å². The van der Waals surface area contributed by atoms with Gasteiger partial charge in [-0.3, -0.25) is 0 Å². The Balaban J connectivity index is 1.28. The van der Waals surface area contributed by atoms with Crippen LogP contribution in [0.1, 0.15) is 43.6 Å². The van der Waals surface area contributed by atoms with E-state index in [1.165, 1.54) is 104 Å². The normalized spacial score (nSPS) is 13.4. The van der Waals surface area contributed by atoms with Crippen LogP contribution in [0.4, 0.5) is 17.1 Å². The predicted octanol–water partition coefficient (Wildman–Crippen LogP) is 14.5. The molecule has 1 aliphatic rings. The summed E-state index contributed by atoms with van der Waals surface area (Å²) in [5, 5.41) is 5.18. The summed E-state index contributed by atoms with van der Waals surface area (Å²) in [4.78, 5) is 2.51. The minimum absolute atomic E-state index is 0.601. The fraction of sp³-hybridized carbons (Fsp3) is 0.120. The summed E-state index contributed by atoms with van der Waals surface area (Å²) >= 11 is 0. The van der Waals surface area contributed by atoms with Gasteiger partial charge in [0.2, 0.25) is 0 Å². The van der Waals surface area contributed by atoms with Crippen LogP contribution in [0.25, 0.3) is 54.9 Å². The topological polar surface area (TPSA) is 3.24 Å². The van der Waals surface area contributed by atoms with Crippen molar-refractivity contribution in [2.75, 3.05) is 4.90 Å². The van der Waals surface area contributed by atoms with Crippen LogP contribution in [-0.2, 0) is 0 Å². The number of fused-ring (bicyclic) bond motifs is 2. The van der Waals surface area contributed by atoms with Gasteiger partial charge >= 0.3 is 0 Å². The molecule has 0 aliphatic heterocycles. The number of hydrogen-bond acceptors (Lipinski definition) is 1. The highest BCUT2D eigenvalue weighted by atomic mass is 15.1. The number of anilines is 3. The summed E-state index contributed by atoms with van der Waals surface area (Å²) in [6.07, 6.45) is 6.53. The average molecular weight is 656 g/mol. The average Bonchev–Trinajstić information content (AvgIpc) is 3.22. The molecule has 1 heteroatoms. The third-order valence-corrected chi connectivity index (χ3v) is 10.9. The van der Waals surface area contributed by atoms with Crippen molar-refractivity contribution in [1.29, 1.82) is 0 Å². The van der Waals surface area contributed by atoms with Gasteiger partial charge < -0.3 is 4.90 Å². The van der Waals surface area contributed by atoms with Gasteiger partial charge in [0.05, 0.1) is 17.1 Å². The summed E-state index contributed by atoms with van der Waals surface area (Å²) in [6, 6.07) is 67.0. The first-order valence-corrected chi connectivity index (χ1v) is 18.5. The van der Waals surface area contributed by atoms with Crippen LogP contribution in [0, 0.1) is 0 Å². The van der Waals surface area contributed by atoms with E-state index in [0.29, 0.717) is 5.92 Å². The van der Waals surface area contributed by atoms with E-state index in [-0.39, 0.29) is 0 Å². The second-order valence-corrected chi connectivity index (χ2v) is 13.9. The summed E-state index contributed by atoms with van der Waals surface area (Å²) < 4.78 is 0. The molecule has 0 atom stereocenters. The lowest BCUT2D eigenvalue weighted by molar-refractivity contribution is 0.445. The van der Waals surface area contributed by atoms with Crippen molar-refractivity contribution < 1.29 is 0 Å². The first kappa shape index (κ1) is 31.1. The van der Waals surface area contributed by atoms with Gasteiger partial charge in [-0.25, -0.2) is 0 Å². The van der Waals surface area contributed by atoms with E-state index in [1.807, 2.05) is 0 Å². The standard InChI is InChI=1S/C50H41N/c1-3-16-36(17-4-1)37-32-34-40(35-33-37)43-25-9-11-29-47(43)51(48-31-15-21-38-20-7-8-24-42(38)48)49-30-12-10-26-45(49)46-28-14-23-41-22-13-27-44(50(41)46)39-18-5-2-6-19-39/h1,3-4,7-17,20-35,39H,2,5-6,18-19H2. The van der Waals surface area contributed by atoms with Crippen LogP contribution < -0.4 is 4.90 Å². The summed E-state index contributed by atoms with van der Waals surface area (Å²) in [7, 11) is 0. The monoisotopic (exact) mass is 655 g/mol. The van der Waals surface area contributed by atoms with Gasteiger partial charge in [-0.1, -0.05) is 183 Å². The maximum atomic E-state index is 2.51. The Morgan fingerprint density at radius 2 is 0.882 bits per heavy atom. The van der Waals surface area contributed by atoms with Gasteiger partial charge in [-0.2, -0.15) is 0 Å². The summed E-state index contributed by atoms with van der Waals surface area (Å²) in [5.41, 5.74) is 12.4. The molecule has 0 saturated heterocycles. The molecular weight excluding hydrogens is 615 g/mol. The van der Waals surface area contributed by atoms with E-state index in [2.05, 4.69) is 187 Å². The van der Waals surface area contributed by atoms with Crippen LogP contribution in [0.15, 0.2) is 182 Å². The van der Waals surface area contributed by atoms with Crippen molar-refractivity contribution >= 4 is 38.6 Å². The zero-order valence-corrected chi connectivity index (χ0v) is 28.9. The molecule has 246 valence electrons. The van der Waals surface area contributed by atoms with Gasteiger partial charge in [0.15, 0.2) is 0 Å². The molecule has 51 heavy (non-hydrogen) atoms. The molecule has 0 aromatic heterocycles. The second-order valence-electron chi connectivity index (χ2n) is 13.9. The highest BCUT2D eigenvalue weighted by Gasteiger charge is 2.24. The fourth-order valence-corrected chi connectivity index (χ4v) is 8.42. The van der Waals surface area contributed by atoms with E-state index in [1.54, 1.807) is 0 Å². The Hall–Kier alpha value is -5.92. The highest BCUT2D eigenvalue weighted by Crippen LogP contribution is 2.49. The molecule has 8 aromatic rings. The minimum Gasteiger partial charge on any atom is -0.309 e. The number of benzene rings is 8. The summed E-state index contributed by atoms with van der Waals surface area (Å²) in [5.74, 6) is 0.601. The quantitative estimate of drug-likeness (QED) is 0.165. The smallest absolute Gasteiger partial charge is 0.0540 e. The fourth-order valence-electron chi connectivity index (χ4n) is 8.42. The van der Waals surface area contributed by atoms with E-state index in [0.717, 1.165) is 5.69 Å². The lowest BCUT2D eigenvalue weighted by atomic mass is 9.80. The molecule has 0 heterocycles. The number of rotatable bonds is 7. The molecule has 0 amide bonds. The third-order valence-electron chi connectivity index (χ3n) is 10.9. The Kier molecular flexibility index (Phi) is 8.39. The van der Waals surface area contributed by atoms with Crippen LogP contribution in [0.2, 0.25) is 0 Å². The zero-order chi connectivity index (χ0) is 34.0. The SMILES string of the molecule is c1ccc(-c2ccc(-c3ccccc3N(c3ccccc3-c3cccc4cccc(C5CCCCC5)c34)c3cccc4ccccc34)cc2)cc1. The van der Waals surface area contributed by atoms with Crippen molar-refractivity contribution in [3.63, 3.8) is 0 Å². The molecule has 0 unspecified atom stereocenters. The second kappa shape index (κ2) is 13.8. The third kappa shape index (κ3) is 5.89. The number of para-hydroxylation sites is 2. The molecule has 8 aromatic carbocycles. The molecule has 1 fully saturated rings. The Labute approximate surface area is 301 Å². The van der Waals surface area contributed by atoms with Gasteiger partial charge in [0.1, 0.15) is 0 Å². The molecule has 1 saturated carbocycles. The van der Waals surface area contributed by atoms with E-state index in [4.69, 9.17) is 0 Å². The highest BCUT2D eigenvalue weighted by molar-refractivity contribution is 6.07. The maximum Gasteiger partial charge on any atom is 0.0540 e. The van der Waals surface area contributed by atoms with Gasteiger partial charge in [0.25, 0.3) is 0 Å². The van der Waals surface area contributed by atoms with Crippen LogP contribution >= 0.6 is 0 Å². The molecular formula is C50H41N. The van der Waals surface area contributed by atoms with Gasteiger partial charge in [-0.15, -0.1) is 0 Å². The first-order valence-electron chi connectivity index (χ1n) is 18.5. The lowest BCUT2D eigenvalue weighted by Gasteiger charge is -2.31. The number of nitrogens with zero attached hydrogens (tertiary/aromatic N) is 1. The van der Waals surface area contributed by atoms with Crippen LogP contribution in [-0.4, -0.2) is 0 Å². The van der Waals surface area contributed by atoms with Crippen molar-refractivity contribution in [3.8, 4) is 33.4 Å². The van der Waals surface area contributed by atoms with Gasteiger partial charge in [0, 0.05) is 16.5 Å². The minimum atomic E-state index is 0.601. The summed E-state index contributed by atoms with van der Waals surface area (Å²) in [6.45, 7) is 0. The van der Waals surface area contributed by atoms with Crippen molar-refractivity contribution in [2.24, 2.45) is 0 Å². The number of hydrogen-bond donors (Lipinski definition) is 0. The zero-order valence-electron chi connectivity index (χ0n) is 28.9.